The predicted octanol–water partition coefficient (Wildman–Crippen LogP) is 2.48. The quantitative estimate of drug-likeness (QED) is 0.342. The van der Waals surface area contributed by atoms with Gasteiger partial charge in [-0.05, 0) is 55.3 Å². The molecule has 1 amide bonds. The lowest BCUT2D eigenvalue weighted by Crippen LogP contribution is -2.14. The third-order valence-electron chi connectivity index (χ3n) is 3.63. The van der Waals surface area contributed by atoms with E-state index in [9.17, 15) is 14.4 Å². The van der Waals surface area contributed by atoms with Crippen LogP contribution in [0.15, 0.2) is 60.7 Å². The first-order valence-electron chi connectivity index (χ1n) is 9.04. The van der Waals surface area contributed by atoms with Crippen LogP contribution < -0.4 is 5.73 Å². The van der Waals surface area contributed by atoms with Gasteiger partial charge in [-0.2, -0.15) is 0 Å². The number of rotatable bonds is 8. The van der Waals surface area contributed by atoms with Gasteiger partial charge < -0.3 is 25.4 Å². The van der Waals surface area contributed by atoms with Crippen molar-refractivity contribution in [2.24, 2.45) is 5.73 Å². The van der Waals surface area contributed by atoms with Gasteiger partial charge in [0, 0.05) is 17.6 Å². The molecule has 2 aromatic rings. The molecule has 2 rings (SSSR count). The number of phenolic OH excluding ortho intramolecular Hbond substituents is 2. The third kappa shape index (κ3) is 9.93. The number of phenols is 2. The summed E-state index contributed by atoms with van der Waals surface area (Å²) in [6.07, 6.45) is 0.768. The summed E-state index contributed by atoms with van der Waals surface area (Å²) < 4.78 is 9.71. The third-order valence-corrected chi connectivity index (χ3v) is 3.63. The number of hydrogen-bond donors (Lipinski definition) is 3. The van der Waals surface area contributed by atoms with Crippen molar-refractivity contribution in [1.29, 1.82) is 0 Å². The van der Waals surface area contributed by atoms with Gasteiger partial charge in [0.25, 0.3) is 0 Å². The number of ether oxygens (including phenoxy) is 2. The molecule has 0 aromatic heterocycles. The molecular formula is C22H25NO7. The topological polar surface area (TPSA) is 136 Å². The standard InChI is InChI=1S/C15H18O5.C7H7NO2/c1-11(2)15(18)20-10-9-19-14(17)8-5-12-3-6-13(16)7-4-12;8-7(10)5-1-3-6(9)4-2-5/h3-4,6-7,16H,1,5,8-10H2,2H3;1-4,9H,(H2,8,10). The highest BCUT2D eigenvalue weighted by Crippen LogP contribution is 2.11. The van der Waals surface area contributed by atoms with E-state index in [0.717, 1.165) is 5.56 Å². The minimum absolute atomic E-state index is 0.0244. The molecule has 0 atom stereocenters. The Labute approximate surface area is 174 Å². The molecule has 30 heavy (non-hydrogen) atoms. The highest BCUT2D eigenvalue weighted by atomic mass is 16.6. The smallest absolute Gasteiger partial charge is 0.333 e. The fourth-order valence-electron chi connectivity index (χ4n) is 2.02. The number of aryl methyl sites for hydroxylation is 1. The summed E-state index contributed by atoms with van der Waals surface area (Å²) in [5.41, 5.74) is 6.59. The number of amides is 1. The van der Waals surface area contributed by atoms with Crippen LogP contribution in [0.25, 0.3) is 0 Å². The summed E-state index contributed by atoms with van der Waals surface area (Å²) in [4.78, 5) is 32.9. The normalized spacial score (nSPS) is 9.63. The van der Waals surface area contributed by atoms with Crippen molar-refractivity contribution in [2.45, 2.75) is 19.8 Å². The maximum atomic E-state index is 11.4. The maximum absolute atomic E-state index is 11.4. The van der Waals surface area contributed by atoms with Gasteiger partial charge >= 0.3 is 11.9 Å². The van der Waals surface area contributed by atoms with Gasteiger partial charge in [-0.3, -0.25) is 9.59 Å². The summed E-state index contributed by atoms with van der Waals surface area (Å²) in [6, 6.07) is 12.4. The van der Waals surface area contributed by atoms with E-state index in [0.29, 0.717) is 17.6 Å². The number of hydrogen-bond acceptors (Lipinski definition) is 7. The van der Waals surface area contributed by atoms with Crippen molar-refractivity contribution in [1.82, 2.24) is 0 Å². The SMILES string of the molecule is C=C(C)C(=O)OCCOC(=O)CCc1ccc(O)cc1.NC(=O)c1ccc(O)cc1. The Bertz CT molecular complexity index is 858. The molecule has 0 saturated carbocycles. The molecule has 0 aliphatic heterocycles. The van der Waals surface area contributed by atoms with E-state index in [1.807, 2.05) is 0 Å². The van der Waals surface area contributed by atoms with Crippen LogP contribution in [0.5, 0.6) is 11.5 Å². The van der Waals surface area contributed by atoms with Gasteiger partial charge in [-0.1, -0.05) is 18.7 Å². The lowest BCUT2D eigenvalue weighted by atomic mass is 10.1. The number of primary amides is 1. The Hall–Kier alpha value is -3.81. The monoisotopic (exact) mass is 415 g/mol. The first kappa shape index (κ1) is 24.2. The van der Waals surface area contributed by atoms with Crippen molar-refractivity contribution in [2.75, 3.05) is 13.2 Å². The molecule has 0 radical (unpaired) electrons. The molecule has 4 N–H and O–H groups in total. The Morgan fingerprint density at radius 1 is 0.900 bits per heavy atom. The van der Waals surface area contributed by atoms with Gasteiger partial charge in [0.2, 0.25) is 5.91 Å². The van der Waals surface area contributed by atoms with E-state index in [1.54, 1.807) is 31.2 Å². The molecule has 0 spiro atoms. The molecule has 0 aliphatic rings. The fraction of sp³-hybridized carbons (Fsp3) is 0.227. The zero-order valence-electron chi connectivity index (χ0n) is 16.7. The molecule has 8 heteroatoms. The second-order valence-electron chi connectivity index (χ2n) is 6.21. The number of benzene rings is 2. The van der Waals surface area contributed by atoms with Crippen LogP contribution >= 0.6 is 0 Å². The molecule has 0 bridgehead atoms. The predicted molar refractivity (Wildman–Crippen MR) is 110 cm³/mol. The Balaban J connectivity index is 0.000000375. The van der Waals surface area contributed by atoms with E-state index in [4.69, 9.17) is 25.4 Å². The van der Waals surface area contributed by atoms with E-state index in [-0.39, 0.29) is 37.1 Å². The highest BCUT2D eigenvalue weighted by molar-refractivity contribution is 5.92. The number of nitrogens with two attached hydrogens (primary N) is 1. The molecule has 160 valence electrons. The largest absolute Gasteiger partial charge is 0.508 e. The van der Waals surface area contributed by atoms with Crippen LogP contribution in [0.3, 0.4) is 0 Å². The minimum atomic E-state index is -0.495. The Morgan fingerprint density at radius 2 is 1.40 bits per heavy atom. The van der Waals surface area contributed by atoms with E-state index >= 15 is 0 Å². The summed E-state index contributed by atoms with van der Waals surface area (Å²) >= 11 is 0. The van der Waals surface area contributed by atoms with E-state index in [1.165, 1.54) is 24.3 Å². The molecule has 2 aromatic carbocycles. The van der Waals surface area contributed by atoms with Crippen LogP contribution in [-0.2, 0) is 25.5 Å². The van der Waals surface area contributed by atoms with Crippen molar-refractivity contribution >= 4 is 17.8 Å². The first-order valence-corrected chi connectivity index (χ1v) is 9.04. The average Bonchev–Trinajstić information content (AvgIpc) is 2.71. The summed E-state index contributed by atoms with van der Waals surface area (Å²) in [5, 5.41) is 17.9. The van der Waals surface area contributed by atoms with Crippen molar-refractivity contribution in [3.8, 4) is 11.5 Å². The van der Waals surface area contributed by atoms with Crippen molar-refractivity contribution in [3.05, 3.63) is 71.8 Å². The van der Waals surface area contributed by atoms with Crippen LogP contribution in [0, 0.1) is 0 Å². The maximum Gasteiger partial charge on any atom is 0.333 e. The van der Waals surface area contributed by atoms with Crippen LogP contribution in [0.1, 0.15) is 29.3 Å². The summed E-state index contributed by atoms with van der Waals surface area (Å²) in [7, 11) is 0. The fourth-order valence-corrected chi connectivity index (χ4v) is 2.02. The zero-order chi connectivity index (χ0) is 22.5. The summed E-state index contributed by atoms with van der Waals surface area (Å²) in [6.45, 7) is 5.05. The van der Waals surface area contributed by atoms with Gasteiger partial charge in [0.05, 0.1) is 0 Å². The second-order valence-corrected chi connectivity index (χ2v) is 6.21. The second kappa shape index (κ2) is 12.6. The number of esters is 2. The molecule has 8 nitrogen and oxygen atoms in total. The molecule has 0 saturated heterocycles. The van der Waals surface area contributed by atoms with E-state index < -0.39 is 11.9 Å². The zero-order valence-corrected chi connectivity index (χ0v) is 16.7. The highest BCUT2D eigenvalue weighted by Gasteiger charge is 2.06. The molecule has 0 heterocycles. The number of aromatic hydroxyl groups is 2. The summed E-state index contributed by atoms with van der Waals surface area (Å²) in [5.74, 6) is -1.02. The molecule has 0 unspecified atom stereocenters. The first-order chi connectivity index (χ1) is 14.2. The number of carbonyl (C=O) groups excluding carboxylic acids is 3. The van der Waals surface area contributed by atoms with Gasteiger partial charge in [-0.25, -0.2) is 4.79 Å². The van der Waals surface area contributed by atoms with Gasteiger partial charge in [0.1, 0.15) is 24.7 Å². The molecule has 0 fully saturated rings. The minimum Gasteiger partial charge on any atom is -0.508 e. The van der Waals surface area contributed by atoms with Crippen molar-refractivity contribution in [3.63, 3.8) is 0 Å². The van der Waals surface area contributed by atoms with Gasteiger partial charge in [0.15, 0.2) is 0 Å². The lowest BCUT2D eigenvalue weighted by molar-refractivity contribution is -0.150. The Morgan fingerprint density at radius 3 is 1.90 bits per heavy atom. The molecular weight excluding hydrogens is 390 g/mol. The van der Waals surface area contributed by atoms with Crippen LogP contribution in [-0.4, -0.2) is 41.3 Å². The van der Waals surface area contributed by atoms with Crippen LogP contribution in [0.4, 0.5) is 0 Å². The van der Waals surface area contributed by atoms with Gasteiger partial charge in [-0.15, -0.1) is 0 Å². The van der Waals surface area contributed by atoms with Crippen molar-refractivity contribution < 1.29 is 34.1 Å². The van der Waals surface area contributed by atoms with Crippen LogP contribution in [0.2, 0.25) is 0 Å². The average molecular weight is 415 g/mol. The lowest BCUT2D eigenvalue weighted by Gasteiger charge is -2.06. The molecule has 0 aliphatic carbocycles. The number of carbonyl (C=O) groups is 3. The van der Waals surface area contributed by atoms with E-state index in [2.05, 4.69) is 6.58 Å². The Kier molecular flexibility index (Phi) is 10.2.